The van der Waals surface area contributed by atoms with Crippen LogP contribution in [0.15, 0.2) is 66.7 Å². The van der Waals surface area contributed by atoms with Gasteiger partial charge in [0.1, 0.15) is 23.2 Å². The van der Waals surface area contributed by atoms with Crippen molar-refractivity contribution in [3.8, 4) is 11.1 Å². The lowest BCUT2D eigenvalue weighted by Crippen LogP contribution is -2.58. The monoisotopic (exact) mass is 763 g/mol. The Kier molecular flexibility index (Phi) is 12.5. The molecule has 13 nitrogen and oxygen atoms in total. The highest BCUT2D eigenvalue weighted by Crippen LogP contribution is 2.46. The number of carbonyl (C=O) groups is 5. The number of allylic oxidation sites excluding steroid dienone is 1. The van der Waals surface area contributed by atoms with E-state index in [4.69, 9.17) is 4.74 Å². The highest BCUT2D eigenvalue weighted by molar-refractivity contribution is 7.90. The molecular formula is C40H53N5O8S. The number of carbonyl (C=O) groups excluding carboxylic acids is 5. The number of sulfonamides is 1. The zero-order valence-corrected chi connectivity index (χ0v) is 32.5. The fourth-order valence-electron chi connectivity index (χ4n) is 6.93. The van der Waals surface area contributed by atoms with Crippen molar-refractivity contribution in [2.24, 2.45) is 5.92 Å². The lowest BCUT2D eigenvalue weighted by atomic mass is 10.0. The molecule has 2 heterocycles. The molecule has 0 bridgehead atoms. The van der Waals surface area contributed by atoms with Crippen LogP contribution in [0.1, 0.15) is 96.3 Å². The fraction of sp³-hybridized carbons (Fsp3) is 0.525. The second-order valence-corrected chi connectivity index (χ2v) is 17.7. The number of alkyl carbamates (subject to hydrolysis) is 1. The standard InChI is InChI=1S/C40H53N5O8S/c1-6-26(2)54(51,52)44-37(49)40-24-30(40)17-13-8-7-9-14-18-32(42-38(50)53-39(3,4)5)36(48)45-25-31(23-33(45)35(47)43-40)41-34(46)29-21-19-28(20-22-29)27-15-11-10-12-16-27/h10-13,15-17,19-22,26,30-33H,6-9,14,18,23-25H2,1-5H3,(H,41,46)(H,42,50)(H,43,47)(H,44,49)/b17-13-/t26?,30-,31-,32+,33+,40-/m1/s1. The van der Waals surface area contributed by atoms with Crippen molar-refractivity contribution < 1.29 is 37.1 Å². The molecule has 1 unspecified atom stereocenters. The number of rotatable bonds is 8. The summed E-state index contributed by atoms with van der Waals surface area (Å²) in [5, 5.41) is 7.69. The van der Waals surface area contributed by atoms with Crippen molar-refractivity contribution in [3.63, 3.8) is 0 Å². The van der Waals surface area contributed by atoms with Crippen molar-refractivity contribution in [1.82, 2.24) is 25.6 Å². The highest BCUT2D eigenvalue weighted by Gasteiger charge is 2.61. The first-order chi connectivity index (χ1) is 25.5. The average Bonchev–Trinajstić information content (AvgIpc) is 3.66. The summed E-state index contributed by atoms with van der Waals surface area (Å²) in [5.74, 6) is -2.87. The third-order valence-corrected chi connectivity index (χ3v) is 12.2. The molecule has 6 atom stereocenters. The van der Waals surface area contributed by atoms with Crippen LogP contribution in [0, 0.1) is 5.92 Å². The SMILES string of the molecule is CCC(C)S(=O)(=O)NC(=O)[C@@]12C[C@H]1/C=C\CCCCC[C@H](NC(=O)OC(C)(C)C)C(=O)N1C[C@H](NC(=O)c3ccc(-c4ccccc4)cc3)C[C@H]1C(=O)N2. The zero-order chi connectivity index (χ0) is 39.3. The van der Waals surface area contributed by atoms with Crippen LogP contribution < -0.4 is 20.7 Å². The summed E-state index contributed by atoms with van der Waals surface area (Å²) in [6.07, 6.45) is 6.57. The molecule has 1 saturated heterocycles. The van der Waals surface area contributed by atoms with E-state index in [1.165, 1.54) is 11.8 Å². The van der Waals surface area contributed by atoms with E-state index < -0.39 is 80.2 Å². The maximum absolute atomic E-state index is 14.4. The Bertz CT molecular complexity index is 1840. The van der Waals surface area contributed by atoms with Crippen LogP contribution in [0.2, 0.25) is 0 Å². The minimum atomic E-state index is -4.02. The van der Waals surface area contributed by atoms with Gasteiger partial charge in [-0.1, -0.05) is 74.4 Å². The third kappa shape index (κ3) is 9.87. The van der Waals surface area contributed by atoms with Gasteiger partial charge < -0.3 is 25.6 Å². The first-order valence-electron chi connectivity index (χ1n) is 18.8. The van der Waals surface area contributed by atoms with Gasteiger partial charge in [0.15, 0.2) is 0 Å². The smallest absolute Gasteiger partial charge is 0.408 e. The molecule has 2 fully saturated rings. The van der Waals surface area contributed by atoms with Crippen LogP contribution >= 0.6 is 0 Å². The molecular weight excluding hydrogens is 711 g/mol. The van der Waals surface area contributed by atoms with E-state index in [2.05, 4.69) is 20.7 Å². The van der Waals surface area contributed by atoms with Gasteiger partial charge in [-0.05, 0) is 89.5 Å². The molecule has 5 rings (SSSR count). The number of hydrogen-bond donors (Lipinski definition) is 4. The van der Waals surface area contributed by atoms with Crippen LogP contribution in [-0.2, 0) is 29.1 Å². The molecule has 1 saturated carbocycles. The van der Waals surface area contributed by atoms with Gasteiger partial charge in [-0.25, -0.2) is 13.2 Å². The summed E-state index contributed by atoms with van der Waals surface area (Å²) in [6, 6.07) is 14.0. The second kappa shape index (κ2) is 16.7. The quantitative estimate of drug-likeness (QED) is 0.282. The number of benzene rings is 2. The average molecular weight is 764 g/mol. The van der Waals surface area contributed by atoms with Gasteiger partial charge in [-0.2, -0.15) is 0 Å². The number of amides is 5. The van der Waals surface area contributed by atoms with E-state index in [0.29, 0.717) is 24.8 Å². The minimum absolute atomic E-state index is 0.0218. The summed E-state index contributed by atoms with van der Waals surface area (Å²) in [6.45, 7) is 8.31. The molecule has 54 heavy (non-hydrogen) atoms. The Balaban J connectivity index is 1.42. The van der Waals surface area contributed by atoms with E-state index in [1.807, 2.05) is 54.6 Å². The van der Waals surface area contributed by atoms with Crippen molar-refractivity contribution in [2.75, 3.05) is 6.54 Å². The van der Waals surface area contributed by atoms with Crippen molar-refractivity contribution in [1.29, 1.82) is 0 Å². The number of hydrogen-bond acceptors (Lipinski definition) is 8. The topological polar surface area (TPSA) is 180 Å². The Hall–Kier alpha value is -4.72. The summed E-state index contributed by atoms with van der Waals surface area (Å²) in [4.78, 5) is 70.2. The molecule has 0 aromatic heterocycles. The molecule has 5 amide bonds. The molecule has 292 valence electrons. The lowest BCUT2D eigenvalue weighted by Gasteiger charge is -2.30. The van der Waals surface area contributed by atoms with Gasteiger partial charge in [0.2, 0.25) is 21.8 Å². The fourth-order valence-corrected chi connectivity index (χ4v) is 8.01. The molecule has 0 radical (unpaired) electrons. The van der Waals surface area contributed by atoms with Gasteiger partial charge in [0.05, 0.1) is 5.25 Å². The Labute approximate surface area is 318 Å². The minimum Gasteiger partial charge on any atom is -0.444 e. The maximum Gasteiger partial charge on any atom is 0.408 e. The predicted octanol–water partition coefficient (Wildman–Crippen LogP) is 4.59. The number of nitrogens with zero attached hydrogens (tertiary/aromatic N) is 1. The van der Waals surface area contributed by atoms with E-state index in [1.54, 1.807) is 39.8 Å². The van der Waals surface area contributed by atoms with Gasteiger partial charge >= 0.3 is 6.09 Å². The Morgan fingerprint density at radius 3 is 2.33 bits per heavy atom. The molecule has 0 spiro atoms. The molecule has 3 aliphatic rings. The normalized spacial score (nSPS) is 26.1. The van der Waals surface area contributed by atoms with E-state index >= 15 is 0 Å². The van der Waals surface area contributed by atoms with Crippen LogP contribution in [-0.4, -0.2) is 84.1 Å². The lowest BCUT2D eigenvalue weighted by molar-refractivity contribution is -0.141. The largest absolute Gasteiger partial charge is 0.444 e. The highest BCUT2D eigenvalue weighted by atomic mass is 32.2. The summed E-state index contributed by atoms with van der Waals surface area (Å²) >= 11 is 0. The molecule has 2 aliphatic heterocycles. The summed E-state index contributed by atoms with van der Waals surface area (Å²) < 4.78 is 33.6. The van der Waals surface area contributed by atoms with Crippen LogP contribution in [0.4, 0.5) is 4.79 Å². The summed E-state index contributed by atoms with van der Waals surface area (Å²) in [7, 11) is -4.02. The van der Waals surface area contributed by atoms with E-state index in [-0.39, 0.29) is 25.8 Å². The number of nitrogens with one attached hydrogen (secondary N) is 4. The Morgan fingerprint density at radius 2 is 1.67 bits per heavy atom. The second-order valence-electron chi connectivity index (χ2n) is 15.6. The Morgan fingerprint density at radius 1 is 0.981 bits per heavy atom. The van der Waals surface area contributed by atoms with Gasteiger partial charge in [0, 0.05) is 24.1 Å². The first kappa shape index (κ1) is 40.5. The molecule has 2 aromatic carbocycles. The third-order valence-electron chi connectivity index (χ3n) is 10.3. The van der Waals surface area contributed by atoms with E-state index in [0.717, 1.165) is 24.0 Å². The van der Waals surface area contributed by atoms with Crippen LogP contribution in [0.25, 0.3) is 11.1 Å². The van der Waals surface area contributed by atoms with Crippen molar-refractivity contribution in [3.05, 3.63) is 72.3 Å². The van der Waals surface area contributed by atoms with Gasteiger partial charge in [-0.15, -0.1) is 0 Å². The molecule has 2 aromatic rings. The van der Waals surface area contributed by atoms with E-state index in [9.17, 15) is 32.4 Å². The number of fused-ring (bicyclic) bond motifs is 2. The zero-order valence-electron chi connectivity index (χ0n) is 31.7. The maximum atomic E-state index is 14.4. The predicted molar refractivity (Wildman–Crippen MR) is 204 cm³/mol. The van der Waals surface area contributed by atoms with Crippen LogP contribution in [0.5, 0.6) is 0 Å². The van der Waals surface area contributed by atoms with Gasteiger partial charge in [0.25, 0.3) is 11.8 Å². The molecule has 14 heteroatoms. The van der Waals surface area contributed by atoms with Crippen molar-refractivity contribution >= 4 is 39.7 Å². The molecule has 1 aliphatic carbocycles. The summed E-state index contributed by atoms with van der Waals surface area (Å²) in [5.41, 5.74) is -0.0275. The van der Waals surface area contributed by atoms with Crippen molar-refractivity contribution in [2.45, 2.75) is 121 Å². The molecule has 4 N–H and O–H groups in total. The number of ether oxygens (including phenoxy) is 1. The van der Waals surface area contributed by atoms with Gasteiger partial charge in [-0.3, -0.25) is 23.9 Å². The van der Waals surface area contributed by atoms with Crippen LogP contribution in [0.3, 0.4) is 0 Å². The first-order valence-corrected chi connectivity index (χ1v) is 20.4.